The van der Waals surface area contributed by atoms with Crippen LogP contribution in [0, 0.1) is 11.7 Å². The van der Waals surface area contributed by atoms with E-state index in [1.54, 1.807) is 4.90 Å². The van der Waals surface area contributed by atoms with Crippen molar-refractivity contribution in [1.82, 2.24) is 9.88 Å². The first kappa shape index (κ1) is 14.4. The van der Waals surface area contributed by atoms with Gasteiger partial charge in [-0.15, -0.1) is 0 Å². The first-order valence-corrected chi connectivity index (χ1v) is 6.05. The number of amides is 1. The third kappa shape index (κ3) is 3.18. The van der Waals surface area contributed by atoms with E-state index < -0.39 is 5.82 Å². The molecule has 5 heteroatoms. The van der Waals surface area contributed by atoms with Gasteiger partial charge in [-0.05, 0) is 25.8 Å². The van der Waals surface area contributed by atoms with Crippen LogP contribution in [-0.2, 0) is 0 Å². The SMILES string of the molecule is CC(C)CN(C(=O)c1ccnc(N)c1F)C(C)C. The number of carbonyl (C=O) groups excluding carboxylic acids is 1. The fourth-order valence-electron chi connectivity index (χ4n) is 1.70. The Labute approximate surface area is 107 Å². The number of anilines is 1. The van der Waals surface area contributed by atoms with Crippen LogP contribution in [0.25, 0.3) is 0 Å². The molecule has 2 N–H and O–H groups in total. The first-order chi connectivity index (χ1) is 8.34. The van der Waals surface area contributed by atoms with E-state index >= 15 is 0 Å². The summed E-state index contributed by atoms with van der Waals surface area (Å²) in [5, 5.41) is 0. The van der Waals surface area contributed by atoms with Crippen molar-refractivity contribution in [2.45, 2.75) is 33.7 Å². The number of nitrogens with zero attached hydrogens (tertiary/aromatic N) is 2. The lowest BCUT2D eigenvalue weighted by atomic mass is 10.1. The molecular formula is C13H20FN3O. The molecule has 0 aliphatic carbocycles. The molecular weight excluding hydrogens is 233 g/mol. The lowest BCUT2D eigenvalue weighted by molar-refractivity contribution is 0.0677. The van der Waals surface area contributed by atoms with E-state index in [-0.39, 0.29) is 23.3 Å². The molecule has 0 saturated carbocycles. The lowest BCUT2D eigenvalue weighted by Gasteiger charge is -2.28. The fraction of sp³-hybridized carbons (Fsp3) is 0.538. The van der Waals surface area contributed by atoms with E-state index in [0.717, 1.165) is 0 Å². The molecule has 1 aromatic rings. The Balaban J connectivity index is 3.06. The average Bonchev–Trinajstić information content (AvgIpc) is 2.28. The Morgan fingerprint density at radius 2 is 2.06 bits per heavy atom. The van der Waals surface area contributed by atoms with Crippen LogP contribution in [0.15, 0.2) is 12.3 Å². The quantitative estimate of drug-likeness (QED) is 0.895. The molecule has 0 aliphatic heterocycles. The third-order valence-corrected chi connectivity index (χ3v) is 2.59. The predicted molar refractivity (Wildman–Crippen MR) is 69.6 cm³/mol. The number of hydrogen-bond donors (Lipinski definition) is 1. The van der Waals surface area contributed by atoms with E-state index in [4.69, 9.17) is 5.73 Å². The van der Waals surface area contributed by atoms with Crippen molar-refractivity contribution >= 4 is 11.7 Å². The molecule has 0 bridgehead atoms. The standard InChI is InChI=1S/C13H20FN3O/c1-8(2)7-17(9(3)4)13(18)10-5-6-16-12(15)11(10)14/h5-6,8-9H,7H2,1-4H3,(H2,15,16). The Morgan fingerprint density at radius 3 is 2.56 bits per heavy atom. The monoisotopic (exact) mass is 253 g/mol. The van der Waals surface area contributed by atoms with Crippen molar-refractivity contribution in [1.29, 1.82) is 0 Å². The second kappa shape index (κ2) is 5.80. The largest absolute Gasteiger partial charge is 0.381 e. The van der Waals surface area contributed by atoms with Crippen LogP contribution in [0.1, 0.15) is 38.1 Å². The van der Waals surface area contributed by atoms with Gasteiger partial charge in [0.05, 0.1) is 5.56 Å². The molecule has 0 spiro atoms. The predicted octanol–water partition coefficient (Wildman–Crippen LogP) is 2.31. The minimum Gasteiger partial charge on any atom is -0.381 e. The van der Waals surface area contributed by atoms with E-state index in [1.807, 2.05) is 27.7 Å². The highest BCUT2D eigenvalue weighted by atomic mass is 19.1. The molecule has 0 saturated heterocycles. The molecule has 0 fully saturated rings. The third-order valence-electron chi connectivity index (χ3n) is 2.59. The van der Waals surface area contributed by atoms with Gasteiger partial charge in [-0.25, -0.2) is 9.37 Å². The summed E-state index contributed by atoms with van der Waals surface area (Å²) in [7, 11) is 0. The van der Waals surface area contributed by atoms with Crippen LogP contribution in [0.5, 0.6) is 0 Å². The van der Waals surface area contributed by atoms with Gasteiger partial charge in [0.2, 0.25) is 0 Å². The Bertz CT molecular complexity index is 432. The molecule has 100 valence electrons. The van der Waals surface area contributed by atoms with Crippen molar-refractivity contribution < 1.29 is 9.18 Å². The zero-order valence-electron chi connectivity index (χ0n) is 11.3. The number of carbonyl (C=O) groups is 1. The van der Waals surface area contributed by atoms with Crippen LogP contribution in [-0.4, -0.2) is 28.4 Å². The summed E-state index contributed by atoms with van der Waals surface area (Å²) >= 11 is 0. The smallest absolute Gasteiger partial charge is 0.257 e. The van der Waals surface area contributed by atoms with Gasteiger partial charge in [0.15, 0.2) is 11.6 Å². The summed E-state index contributed by atoms with van der Waals surface area (Å²) in [6, 6.07) is 1.37. The maximum atomic E-state index is 13.8. The van der Waals surface area contributed by atoms with Gasteiger partial charge < -0.3 is 10.6 Å². The van der Waals surface area contributed by atoms with E-state index in [2.05, 4.69) is 4.98 Å². The summed E-state index contributed by atoms with van der Waals surface area (Å²) in [6.07, 6.45) is 1.35. The van der Waals surface area contributed by atoms with Crippen molar-refractivity contribution in [3.05, 3.63) is 23.6 Å². The summed E-state index contributed by atoms with van der Waals surface area (Å²) < 4.78 is 13.8. The lowest BCUT2D eigenvalue weighted by Crippen LogP contribution is -2.40. The summed E-state index contributed by atoms with van der Waals surface area (Å²) in [6.45, 7) is 8.42. The van der Waals surface area contributed by atoms with Gasteiger partial charge in [0.1, 0.15) is 0 Å². The molecule has 1 heterocycles. The fourth-order valence-corrected chi connectivity index (χ4v) is 1.70. The number of pyridine rings is 1. The molecule has 0 aliphatic rings. The molecule has 1 amide bonds. The Hall–Kier alpha value is -1.65. The normalized spacial score (nSPS) is 11.1. The highest BCUT2D eigenvalue weighted by Gasteiger charge is 2.23. The van der Waals surface area contributed by atoms with Gasteiger partial charge >= 0.3 is 0 Å². The number of rotatable bonds is 4. The van der Waals surface area contributed by atoms with Gasteiger partial charge in [0, 0.05) is 18.8 Å². The van der Waals surface area contributed by atoms with E-state index in [9.17, 15) is 9.18 Å². The summed E-state index contributed by atoms with van der Waals surface area (Å²) in [4.78, 5) is 17.6. The molecule has 0 unspecified atom stereocenters. The number of hydrogen-bond acceptors (Lipinski definition) is 3. The minimum atomic E-state index is -0.739. The van der Waals surface area contributed by atoms with Gasteiger partial charge in [-0.3, -0.25) is 4.79 Å². The van der Waals surface area contributed by atoms with Crippen molar-refractivity contribution in [2.24, 2.45) is 5.92 Å². The molecule has 4 nitrogen and oxygen atoms in total. The highest BCUT2D eigenvalue weighted by molar-refractivity contribution is 5.95. The van der Waals surface area contributed by atoms with Gasteiger partial charge in [0.25, 0.3) is 5.91 Å². The topological polar surface area (TPSA) is 59.2 Å². The second-order valence-electron chi connectivity index (χ2n) is 5.00. The molecule has 1 rings (SSSR count). The highest BCUT2D eigenvalue weighted by Crippen LogP contribution is 2.16. The van der Waals surface area contributed by atoms with Crippen LogP contribution < -0.4 is 5.73 Å². The number of nitrogens with two attached hydrogens (primary N) is 1. The van der Waals surface area contributed by atoms with Crippen LogP contribution in [0.3, 0.4) is 0 Å². The molecule has 1 aromatic heterocycles. The molecule has 18 heavy (non-hydrogen) atoms. The molecule has 0 aromatic carbocycles. The number of nitrogen functional groups attached to an aromatic ring is 1. The number of aromatic nitrogens is 1. The molecule has 0 atom stereocenters. The van der Waals surface area contributed by atoms with Crippen molar-refractivity contribution in [2.75, 3.05) is 12.3 Å². The van der Waals surface area contributed by atoms with Gasteiger partial charge in [-0.1, -0.05) is 13.8 Å². The number of halogens is 1. The Kier molecular flexibility index (Phi) is 4.64. The second-order valence-corrected chi connectivity index (χ2v) is 5.00. The van der Waals surface area contributed by atoms with E-state index in [1.165, 1.54) is 12.3 Å². The first-order valence-electron chi connectivity index (χ1n) is 6.05. The maximum absolute atomic E-state index is 13.8. The zero-order chi connectivity index (χ0) is 13.9. The maximum Gasteiger partial charge on any atom is 0.257 e. The zero-order valence-corrected chi connectivity index (χ0v) is 11.3. The minimum absolute atomic E-state index is 0.00805. The van der Waals surface area contributed by atoms with Crippen LogP contribution in [0.2, 0.25) is 0 Å². The van der Waals surface area contributed by atoms with Gasteiger partial charge in [-0.2, -0.15) is 0 Å². The Morgan fingerprint density at radius 1 is 1.44 bits per heavy atom. The van der Waals surface area contributed by atoms with Crippen molar-refractivity contribution in [3.8, 4) is 0 Å². The average molecular weight is 253 g/mol. The van der Waals surface area contributed by atoms with Crippen molar-refractivity contribution in [3.63, 3.8) is 0 Å². The summed E-state index contributed by atoms with van der Waals surface area (Å²) in [5.41, 5.74) is 5.36. The molecule has 0 radical (unpaired) electrons. The van der Waals surface area contributed by atoms with E-state index in [0.29, 0.717) is 12.5 Å². The summed E-state index contributed by atoms with van der Waals surface area (Å²) in [5.74, 6) is -1.00. The van der Waals surface area contributed by atoms with Crippen LogP contribution in [0.4, 0.5) is 10.2 Å². The van der Waals surface area contributed by atoms with Crippen LogP contribution >= 0.6 is 0 Å².